The molecule has 0 saturated carbocycles. The van der Waals surface area contributed by atoms with Crippen LogP contribution in [-0.2, 0) is 9.59 Å². The van der Waals surface area contributed by atoms with E-state index in [2.05, 4.69) is 12.1 Å². The van der Waals surface area contributed by atoms with E-state index in [1.54, 1.807) is 11.2 Å². The van der Waals surface area contributed by atoms with Gasteiger partial charge in [0.1, 0.15) is 5.76 Å². The van der Waals surface area contributed by atoms with Crippen LogP contribution >= 0.6 is 0 Å². The van der Waals surface area contributed by atoms with Crippen molar-refractivity contribution in [2.45, 2.75) is 31.1 Å². The fraction of sp³-hybridized carbons (Fsp3) is 0.200. The maximum atomic E-state index is 13.4. The fourth-order valence-electron chi connectivity index (χ4n) is 4.61. The first-order chi connectivity index (χ1) is 14.2. The van der Waals surface area contributed by atoms with E-state index in [4.69, 9.17) is 4.42 Å². The summed E-state index contributed by atoms with van der Waals surface area (Å²) in [6.45, 7) is 0. The molecular formula is C25H21NO3. The fourth-order valence-corrected chi connectivity index (χ4v) is 4.61. The third-order valence-electron chi connectivity index (χ3n) is 5.90. The molecule has 1 aromatic heterocycles. The molecule has 29 heavy (non-hydrogen) atoms. The number of carbonyl (C=O) groups excluding carboxylic acids is 2. The summed E-state index contributed by atoms with van der Waals surface area (Å²) in [4.78, 5) is 28.4. The molecule has 0 spiro atoms. The van der Waals surface area contributed by atoms with E-state index in [1.807, 2.05) is 60.7 Å². The van der Waals surface area contributed by atoms with Crippen LogP contribution in [0.25, 0.3) is 0 Å². The average Bonchev–Trinajstić information content (AvgIpc) is 3.29. The lowest BCUT2D eigenvalue weighted by atomic mass is 9.74. The number of amides is 1. The van der Waals surface area contributed by atoms with Crippen molar-refractivity contribution in [2.24, 2.45) is 0 Å². The van der Waals surface area contributed by atoms with Gasteiger partial charge in [0.05, 0.1) is 12.2 Å². The van der Waals surface area contributed by atoms with Crippen molar-refractivity contribution in [3.63, 3.8) is 0 Å². The van der Waals surface area contributed by atoms with Crippen LogP contribution in [-0.4, -0.2) is 11.7 Å². The monoisotopic (exact) mass is 383 g/mol. The number of carbonyl (C=O) groups is 2. The Kier molecular flexibility index (Phi) is 4.39. The molecule has 2 aromatic carbocycles. The summed E-state index contributed by atoms with van der Waals surface area (Å²) in [7, 11) is 0. The van der Waals surface area contributed by atoms with Gasteiger partial charge >= 0.3 is 0 Å². The van der Waals surface area contributed by atoms with Crippen molar-refractivity contribution in [3.8, 4) is 0 Å². The van der Waals surface area contributed by atoms with Crippen LogP contribution < -0.4 is 4.90 Å². The van der Waals surface area contributed by atoms with Crippen molar-refractivity contribution >= 4 is 17.4 Å². The second-order valence-electron chi connectivity index (χ2n) is 7.64. The number of ketones is 1. The molecule has 2 aliphatic rings. The smallest absolute Gasteiger partial charge is 0.232 e. The molecule has 0 bridgehead atoms. The minimum absolute atomic E-state index is 0.00198. The topological polar surface area (TPSA) is 50.5 Å². The van der Waals surface area contributed by atoms with Crippen molar-refractivity contribution < 1.29 is 14.0 Å². The number of rotatable bonds is 3. The van der Waals surface area contributed by atoms with Gasteiger partial charge in [-0.3, -0.25) is 14.5 Å². The van der Waals surface area contributed by atoms with Crippen LogP contribution in [0.2, 0.25) is 0 Å². The average molecular weight is 383 g/mol. The van der Waals surface area contributed by atoms with Gasteiger partial charge in [-0.25, -0.2) is 0 Å². The van der Waals surface area contributed by atoms with Gasteiger partial charge in [0.15, 0.2) is 5.78 Å². The number of Topliss-reactive ketones (excluding diaryl/α,β-unsaturated/α-hetero) is 1. The van der Waals surface area contributed by atoms with E-state index in [0.29, 0.717) is 18.6 Å². The van der Waals surface area contributed by atoms with Crippen LogP contribution in [0.5, 0.6) is 0 Å². The standard InChI is InChI=1S/C25H21NO3/c27-22-15-18(17-8-3-1-4-9-17)14-21-25(22)20(23-12-7-13-29-23)16-24(28)26(21)19-10-5-2-6-11-19/h1-13,18,20H,14-16H2. The molecule has 0 radical (unpaired) electrons. The largest absolute Gasteiger partial charge is 0.469 e. The lowest BCUT2D eigenvalue weighted by molar-refractivity contribution is -0.120. The Morgan fingerprint density at radius 3 is 2.21 bits per heavy atom. The van der Waals surface area contributed by atoms with E-state index >= 15 is 0 Å². The van der Waals surface area contributed by atoms with E-state index < -0.39 is 0 Å². The second kappa shape index (κ2) is 7.21. The lowest BCUT2D eigenvalue weighted by Gasteiger charge is -2.39. The van der Waals surface area contributed by atoms with Crippen LogP contribution in [0.3, 0.4) is 0 Å². The van der Waals surface area contributed by atoms with E-state index in [-0.39, 0.29) is 29.9 Å². The van der Waals surface area contributed by atoms with Crippen LogP contribution in [0, 0.1) is 0 Å². The van der Waals surface area contributed by atoms with Crippen LogP contribution in [0.4, 0.5) is 5.69 Å². The molecule has 5 rings (SSSR count). The third-order valence-corrected chi connectivity index (χ3v) is 5.90. The molecule has 4 heteroatoms. The molecule has 4 nitrogen and oxygen atoms in total. The summed E-state index contributed by atoms with van der Waals surface area (Å²) >= 11 is 0. The minimum atomic E-state index is -0.309. The molecule has 1 aliphatic carbocycles. The first-order valence-electron chi connectivity index (χ1n) is 9.95. The Hall–Kier alpha value is -3.40. The highest BCUT2D eigenvalue weighted by molar-refractivity contribution is 6.07. The van der Waals surface area contributed by atoms with Crippen LogP contribution in [0.1, 0.15) is 42.4 Å². The van der Waals surface area contributed by atoms with E-state index in [9.17, 15) is 9.59 Å². The molecular weight excluding hydrogens is 362 g/mol. The summed E-state index contributed by atoms with van der Waals surface area (Å²) in [5.74, 6) is 0.548. The van der Waals surface area contributed by atoms with Crippen molar-refractivity contribution in [1.82, 2.24) is 0 Å². The van der Waals surface area contributed by atoms with Crippen molar-refractivity contribution in [1.29, 1.82) is 0 Å². The highest BCUT2D eigenvalue weighted by atomic mass is 16.3. The second-order valence-corrected chi connectivity index (χ2v) is 7.64. The molecule has 0 N–H and O–H groups in total. The molecule has 0 saturated heterocycles. The summed E-state index contributed by atoms with van der Waals surface area (Å²) in [6, 6.07) is 23.4. The number of furan rings is 1. The van der Waals surface area contributed by atoms with Crippen LogP contribution in [0.15, 0.2) is 94.7 Å². The summed E-state index contributed by atoms with van der Waals surface area (Å²) in [5, 5.41) is 0. The number of benzene rings is 2. The first-order valence-corrected chi connectivity index (χ1v) is 9.95. The predicted molar refractivity (Wildman–Crippen MR) is 110 cm³/mol. The van der Waals surface area contributed by atoms with Crippen molar-refractivity contribution in [3.05, 3.63) is 102 Å². The zero-order chi connectivity index (χ0) is 19.8. The SMILES string of the molecule is O=C1CC(c2ccccc2)CC2=C1C(c1ccco1)CC(=O)N2c1ccccc1. The van der Waals surface area contributed by atoms with Gasteiger partial charge in [-0.15, -0.1) is 0 Å². The number of anilines is 1. The quantitative estimate of drug-likeness (QED) is 0.624. The zero-order valence-corrected chi connectivity index (χ0v) is 16.0. The zero-order valence-electron chi connectivity index (χ0n) is 16.0. The molecule has 1 aliphatic heterocycles. The van der Waals surface area contributed by atoms with E-state index in [1.165, 1.54) is 0 Å². The number of allylic oxidation sites excluding steroid dienone is 2. The summed E-state index contributed by atoms with van der Waals surface area (Å²) < 4.78 is 5.61. The normalized spacial score (nSPS) is 22.0. The van der Waals surface area contributed by atoms with Gasteiger partial charge in [-0.05, 0) is 42.2 Å². The van der Waals surface area contributed by atoms with Gasteiger partial charge in [0.25, 0.3) is 0 Å². The van der Waals surface area contributed by atoms with E-state index in [0.717, 1.165) is 22.5 Å². The Bertz CT molecular complexity index is 1070. The van der Waals surface area contributed by atoms with Crippen molar-refractivity contribution in [2.75, 3.05) is 4.90 Å². The highest BCUT2D eigenvalue weighted by Gasteiger charge is 2.43. The summed E-state index contributed by atoms with van der Waals surface area (Å²) in [5.41, 5.74) is 3.49. The number of hydrogen-bond donors (Lipinski definition) is 0. The van der Waals surface area contributed by atoms with Gasteiger partial charge < -0.3 is 4.42 Å². The third kappa shape index (κ3) is 3.11. The maximum absolute atomic E-state index is 13.4. The van der Waals surface area contributed by atoms with Gasteiger partial charge in [0, 0.05) is 29.8 Å². The van der Waals surface area contributed by atoms with Gasteiger partial charge in [-0.2, -0.15) is 0 Å². The Labute approximate surface area is 169 Å². The molecule has 144 valence electrons. The Balaban J connectivity index is 1.65. The molecule has 1 amide bonds. The molecule has 2 unspecified atom stereocenters. The maximum Gasteiger partial charge on any atom is 0.232 e. The Morgan fingerprint density at radius 1 is 0.793 bits per heavy atom. The number of nitrogens with zero attached hydrogens (tertiary/aromatic N) is 1. The molecule has 2 atom stereocenters. The summed E-state index contributed by atoms with van der Waals surface area (Å²) in [6.07, 6.45) is 2.95. The first kappa shape index (κ1) is 17.7. The minimum Gasteiger partial charge on any atom is -0.469 e. The van der Waals surface area contributed by atoms with Gasteiger partial charge in [-0.1, -0.05) is 48.5 Å². The molecule has 2 heterocycles. The highest BCUT2D eigenvalue weighted by Crippen LogP contribution is 2.46. The molecule has 3 aromatic rings. The molecule has 0 fully saturated rings. The lowest BCUT2D eigenvalue weighted by Crippen LogP contribution is -2.41. The number of hydrogen-bond acceptors (Lipinski definition) is 3. The van der Waals surface area contributed by atoms with Gasteiger partial charge in [0.2, 0.25) is 5.91 Å². The number of para-hydroxylation sites is 1. The Morgan fingerprint density at radius 2 is 1.52 bits per heavy atom. The predicted octanol–water partition coefficient (Wildman–Crippen LogP) is 5.20.